The second kappa shape index (κ2) is 4.98. The van der Waals surface area contributed by atoms with E-state index >= 15 is 0 Å². The molecule has 5 heteroatoms. The van der Waals surface area contributed by atoms with Gasteiger partial charge < -0.3 is 16.1 Å². The van der Waals surface area contributed by atoms with Crippen LogP contribution in [0.25, 0.3) is 5.73 Å². The zero-order valence-corrected chi connectivity index (χ0v) is 8.96. The molecule has 2 rings (SSSR count). The Labute approximate surface area is 98.6 Å². The van der Waals surface area contributed by atoms with Gasteiger partial charge in [-0.3, -0.25) is 9.97 Å². The van der Waals surface area contributed by atoms with Crippen molar-refractivity contribution in [3.8, 4) is 0 Å². The van der Waals surface area contributed by atoms with Gasteiger partial charge in [-0.05, 0) is 35.4 Å². The molecule has 0 atom stereocenters. The Balaban J connectivity index is 2.24. The zero-order chi connectivity index (χ0) is 12.1. The van der Waals surface area contributed by atoms with Crippen LogP contribution in [0.1, 0.15) is 11.1 Å². The van der Waals surface area contributed by atoms with Crippen molar-refractivity contribution in [2.24, 2.45) is 4.99 Å². The molecule has 0 radical (unpaired) electrons. The molecule has 0 unspecified atom stereocenters. The molecule has 2 aromatic rings. The monoisotopic (exact) mass is 224 g/mol. The van der Waals surface area contributed by atoms with E-state index < -0.39 is 0 Å². The average Bonchev–Trinajstić information content (AvgIpc) is 2.40. The summed E-state index contributed by atoms with van der Waals surface area (Å²) in [5, 5.41) is 7.76. The van der Waals surface area contributed by atoms with Gasteiger partial charge in [0.05, 0.1) is 0 Å². The van der Waals surface area contributed by atoms with Crippen LogP contribution in [0.5, 0.6) is 0 Å². The Morgan fingerprint density at radius 1 is 0.941 bits per heavy atom. The SMILES string of the molecule is N=C(N=C([NH-])c1ccncc1)c1ccncc1. The van der Waals surface area contributed by atoms with Crippen LogP contribution in [-0.4, -0.2) is 21.6 Å². The topological polar surface area (TPSA) is 85.8 Å². The highest BCUT2D eigenvalue weighted by atomic mass is 14.9. The minimum atomic E-state index is 0.0502. The van der Waals surface area contributed by atoms with Gasteiger partial charge in [0.1, 0.15) is 0 Å². The van der Waals surface area contributed by atoms with Crippen molar-refractivity contribution in [1.82, 2.24) is 9.97 Å². The van der Waals surface area contributed by atoms with Crippen LogP contribution in [0.4, 0.5) is 0 Å². The van der Waals surface area contributed by atoms with Crippen LogP contribution in [0.2, 0.25) is 0 Å². The summed E-state index contributed by atoms with van der Waals surface area (Å²) in [5.74, 6) is 0.100. The molecule has 0 aromatic carbocycles. The van der Waals surface area contributed by atoms with Crippen molar-refractivity contribution in [2.75, 3.05) is 0 Å². The Hall–Kier alpha value is -2.56. The Morgan fingerprint density at radius 3 is 1.94 bits per heavy atom. The first kappa shape index (κ1) is 10.9. The van der Waals surface area contributed by atoms with Gasteiger partial charge in [-0.15, -0.1) is 0 Å². The minimum Gasteiger partial charge on any atom is -0.482 e. The number of hydrogen-bond acceptors (Lipinski definition) is 3. The van der Waals surface area contributed by atoms with E-state index in [0.717, 1.165) is 0 Å². The molecule has 0 fully saturated rings. The number of nitrogens with one attached hydrogen (secondary N) is 2. The highest BCUT2D eigenvalue weighted by Crippen LogP contribution is 2.04. The molecule has 0 aliphatic heterocycles. The van der Waals surface area contributed by atoms with Gasteiger partial charge in [0, 0.05) is 30.6 Å². The molecule has 2 N–H and O–H groups in total. The highest BCUT2D eigenvalue weighted by Gasteiger charge is 1.94. The van der Waals surface area contributed by atoms with Crippen LogP contribution in [0, 0.1) is 5.41 Å². The van der Waals surface area contributed by atoms with Gasteiger partial charge in [-0.2, -0.15) is 0 Å². The molecule has 2 heterocycles. The number of rotatable bonds is 2. The lowest BCUT2D eigenvalue weighted by molar-refractivity contribution is 1.30. The van der Waals surface area contributed by atoms with Crippen LogP contribution in [-0.2, 0) is 0 Å². The third-order valence-corrected chi connectivity index (χ3v) is 2.13. The van der Waals surface area contributed by atoms with Gasteiger partial charge in [-0.25, -0.2) is 0 Å². The van der Waals surface area contributed by atoms with Crippen LogP contribution in [0.3, 0.4) is 0 Å². The van der Waals surface area contributed by atoms with Crippen molar-refractivity contribution in [2.45, 2.75) is 0 Å². The normalized spacial score (nSPS) is 11.2. The third kappa shape index (κ3) is 2.72. The summed E-state index contributed by atoms with van der Waals surface area (Å²) >= 11 is 0. The van der Waals surface area contributed by atoms with Crippen molar-refractivity contribution in [3.05, 3.63) is 65.9 Å². The minimum absolute atomic E-state index is 0.0502. The number of pyridine rings is 2. The fourth-order valence-corrected chi connectivity index (χ4v) is 1.26. The number of amidine groups is 2. The first-order valence-electron chi connectivity index (χ1n) is 4.97. The lowest BCUT2D eigenvalue weighted by Gasteiger charge is -2.11. The van der Waals surface area contributed by atoms with E-state index in [4.69, 9.17) is 11.1 Å². The summed E-state index contributed by atoms with van der Waals surface area (Å²) in [6.07, 6.45) is 6.37. The quantitative estimate of drug-likeness (QED) is 0.626. The van der Waals surface area contributed by atoms with E-state index in [1.54, 1.807) is 49.1 Å². The van der Waals surface area contributed by atoms with E-state index in [1.165, 1.54) is 0 Å². The van der Waals surface area contributed by atoms with E-state index in [1.807, 2.05) is 0 Å². The number of aliphatic imine (C=N–C) groups is 1. The summed E-state index contributed by atoms with van der Waals surface area (Å²) in [6.45, 7) is 0. The molecule has 0 aliphatic carbocycles. The first-order chi connectivity index (χ1) is 8.27. The van der Waals surface area contributed by atoms with Crippen molar-refractivity contribution in [3.63, 3.8) is 0 Å². The van der Waals surface area contributed by atoms with E-state index in [-0.39, 0.29) is 11.7 Å². The number of aromatic nitrogens is 2. The zero-order valence-electron chi connectivity index (χ0n) is 8.96. The van der Waals surface area contributed by atoms with E-state index in [9.17, 15) is 0 Å². The van der Waals surface area contributed by atoms with E-state index in [0.29, 0.717) is 11.1 Å². The smallest absolute Gasteiger partial charge is 0.0493 e. The van der Waals surface area contributed by atoms with Crippen LogP contribution < -0.4 is 0 Å². The molecule has 0 aliphatic rings. The summed E-state index contributed by atoms with van der Waals surface area (Å²) in [6, 6.07) is 6.74. The van der Waals surface area contributed by atoms with Crippen molar-refractivity contribution in [1.29, 1.82) is 5.41 Å². The van der Waals surface area contributed by atoms with Gasteiger partial charge in [0.25, 0.3) is 0 Å². The summed E-state index contributed by atoms with van der Waals surface area (Å²) in [5.41, 5.74) is 9.03. The predicted molar refractivity (Wildman–Crippen MR) is 66.2 cm³/mol. The fraction of sp³-hybridized carbons (Fsp3) is 0. The van der Waals surface area contributed by atoms with Gasteiger partial charge in [-0.1, -0.05) is 5.84 Å². The standard InChI is InChI=1S/C12H10N5/c13-11(9-1-5-15-6-2-9)17-12(14)10-3-7-16-8-4-10/h1-8H,(H2-,13,14,17)/q-1. The maximum Gasteiger partial charge on any atom is 0.0493 e. The summed E-state index contributed by atoms with van der Waals surface area (Å²) in [4.78, 5) is 11.7. The molecule has 0 bridgehead atoms. The number of hydrogen-bond donors (Lipinski definition) is 1. The van der Waals surface area contributed by atoms with Gasteiger partial charge >= 0.3 is 0 Å². The predicted octanol–water partition coefficient (Wildman–Crippen LogP) is 2.30. The molecule has 0 saturated heterocycles. The Kier molecular flexibility index (Phi) is 3.20. The second-order valence-electron chi connectivity index (χ2n) is 3.28. The summed E-state index contributed by atoms with van der Waals surface area (Å²) < 4.78 is 0. The van der Waals surface area contributed by atoms with Crippen LogP contribution >= 0.6 is 0 Å². The average molecular weight is 224 g/mol. The molecule has 84 valence electrons. The number of nitrogens with zero attached hydrogens (tertiary/aromatic N) is 3. The third-order valence-electron chi connectivity index (χ3n) is 2.13. The Morgan fingerprint density at radius 2 is 1.41 bits per heavy atom. The van der Waals surface area contributed by atoms with Gasteiger partial charge in [0.15, 0.2) is 0 Å². The molecule has 0 spiro atoms. The Bertz CT molecular complexity index is 533. The molecule has 0 saturated carbocycles. The first-order valence-corrected chi connectivity index (χ1v) is 4.97. The highest BCUT2D eigenvalue weighted by molar-refractivity contribution is 6.13. The maximum absolute atomic E-state index is 7.76. The molecule has 5 nitrogen and oxygen atoms in total. The molecule has 17 heavy (non-hydrogen) atoms. The fourth-order valence-electron chi connectivity index (χ4n) is 1.26. The maximum atomic E-state index is 7.76. The lowest BCUT2D eigenvalue weighted by atomic mass is 10.2. The molecule has 0 amide bonds. The second-order valence-corrected chi connectivity index (χ2v) is 3.28. The van der Waals surface area contributed by atoms with E-state index in [2.05, 4.69) is 15.0 Å². The van der Waals surface area contributed by atoms with Crippen molar-refractivity contribution >= 4 is 11.7 Å². The van der Waals surface area contributed by atoms with Crippen LogP contribution in [0.15, 0.2) is 54.0 Å². The summed E-state index contributed by atoms with van der Waals surface area (Å²) in [7, 11) is 0. The molecular formula is C12H10N5-. The largest absolute Gasteiger partial charge is 0.482 e. The molecular weight excluding hydrogens is 214 g/mol. The lowest BCUT2D eigenvalue weighted by Crippen LogP contribution is -2.01. The van der Waals surface area contributed by atoms with Crippen molar-refractivity contribution < 1.29 is 0 Å². The van der Waals surface area contributed by atoms with Gasteiger partial charge in [0.2, 0.25) is 0 Å². The molecule has 2 aromatic heterocycles.